The molecule has 2 aromatic rings. The van der Waals surface area contributed by atoms with Crippen molar-refractivity contribution in [1.82, 2.24) is 20.0 Å². The van der Waals surface area contributed by atoms with Crippen LogP contribution in [-0.4, -0.2) is 46.3 Å². The van der Waals surface area contributed by atoms with Crippen molar-refractivity contribution < 1.29 is 9.59 Å². The Hall–Kier alpha value is -2.83. The fraction of sp³-hybridized carbons (Fsp3) is 0.353. The number of hydrogen-bond donors (Lipinski definition) is 2. The Morgan fingerprint density at radius 2 is 1.83 bits per heavy atom. The fourth-order valence-electron chi connectivity index (χ4n) is 2.68. The normalized spacial score (nSPS) is 13.8. The van der Waals surface area contributed by atoms with Crippen molar-refractivity contribution in [1.29, 1.82) is 0 Å². The molecule has 0 atom stereocenters. The van der Waals surface area contributed by atoms with Crippen molar-refractivity contribution in [3.8, 4) is 0 Å². The molecule has 126 valence electrons. The lowest BCUT2D eigenvalue weighted by atomic mass is 10.2. The average molecular weight is 327 g/mol. The highest BCUT2D eigenvalue weighted by molar-refractivity contribution is 5.91. The quantitative estimate of drug-likeness (QED) is 0.877. The molecule has 24 heavy (non-hydrogen) atoms. The maximum Gasteiger partial charge on any atom is 0.320 e. The molecule has 1 aromatic carbocycles. The molecule has 1 aliphatic heterocycles. The minimum atomic E-state index is -0.424. The summed E-state index contributed by atoms with van der Waals surface area (Å²) in [4.78, 5) is 25.5. The van der Waals surface area contributed by atoms with E-state index in [4.69, 9.17) is 0 Å². The van der Waals surface area contributed by atoms with Gasteiger partial charge < -0.3 is 10.2 Å². The Morgan fingerprint density at radius 3 is 2.58 bits per heavy atom. The maximum atomic E-state index is 11.9. The number of benzene rings is 1. The zero-order chi connectivity index (χ0) is 16.8. The maximum absolute atomic E-state index is 11.9. The van der Waals surface area contributed by atoms with Gasteiger partial charge in [0.1, 0.15) is 0 Å². The molecule has 1 aromatic heterocycles. The summed E-state index contributed by atoms with van der Waals surface area (Å²) in [7, 11) is 0. The van der Waals surface area contributed by atoms with E-state index in [0.717, 1.165) is 31.5 Å². The van der Waals surface area contributed by atoms with Crippen molar-refractivity contribution in [2.75, 3.05) is 25.0 Å². The number of urea groups is 1. The van der Waals surface area contributed by atoms with Gasteiger partial charge in [-0.1, -0.05) is 30.3 Å². The van der Waals surface area contributed by atoms with Crippen LogP contribution in [0.5, 0.6) is 0 Å². The van der Waals surface area contributed by atoms with E-state index in [1.807, 2.05) is 30.3 Å². The Balaban J connectivity index is 1.45. The summed E-state index contributed by atoms with van der Waals surface area (Å²) in [6.07, 6.45) is 3.88. The summed E-state index contributed by atoms with van der Waals surface area (Å²) in [6, 6.07) is 11.3. The number of carbonyl (C=O) groups is 2. The minimum Gasteiger partial charge on any atom is -0.341 e. The second-order valence-corrected chi connectivity index (χ2v) is 5.78. The van der Waals surface area contributed by atoms with Crippen molar-refractivity contribution in [2.24, 2.45) is 0 Å². The predicted molar refractivity (Wildman–Crippen MR) is 90.6 cm³/mol. The van der Waals surface area contributed by atoms with Crippen molar-refractivity contribution >= 4 is 17.8 Å². The number of nitrogens with zero attached hydrogens (tertiary/aromatic N) is 3. The fourth-order valence-corrected chi connectivity index (χ4v) is 2.68. The van der Waals surface area contributed by atoms with Crippen molar-refractivity contribution in [2.45, 2.75) is 19.4 Å². The average Bonchev–Trinajstić information content (AvgIpc) is 3.26. The van der Waals surface area contributed by atoms with Crippen LogP contribution in [0.2, 0.25) is 0 Å². The molecule has 0 unspecified atom stereocenters. The van der Waals surface area contributed by atoms with Gasteiger partial charge >= 0.3 is 6.03 Å². The van der Waals surface area contributed by atoms with Gasteiger partial charge in [-0.2, -0.15) is 5.10 Å². The standard InChI is InChI=1S/C17H21N5O2/c23-16(21-9-4-5-10-21)12-18-17(24)19-15-8-11-22(20-15)13-14-6-2-1-3-7-14/h1-3,6-8,11H,4-5,9-10,12-13H2,(H2,18,19,20,24). The number of hydrogen-bond acceptors (Lipinski definition) is 3. The summed E-state index contributed by atoms with van der Waals surface area (Å²) in [6.45, 7) is 2.21. The van der Waals surface area contributed by atoms with Gasteiger partial charge in [-0.15, -0.1) is 0 Å². The van der Waals surface area contributed by atoms with Crippen LogP contribution in [0, 0.1) is 0 Å². The molecule has 0 aliphatic carbocycles. The number of anilines is 1. The molecular formula is C17H21N5O2. The summed E-state index contributed by atoms with van der Waals surface area (Å²) in [5.74, 6) is 0.411. The minimum absolute atomic E-state index is 0.0105. The van der Waals surface area contributed by atoms with Crippen LogP contribution in [0.25, 0.3) is 0 Å². The molecule has 0 spiro atoms. The first-order chi connectivity index (χ1) is 11.7. The van der Waals surface area contributed by atoms with E-state index < -0.39 is 6.03 Å². The first-order valence-electron chi connectivity index (χ1n) is 8.11. The van der Waals surface area contributed by atoms with Crippen LogP contribution in [-0.2, 0) is 11.3 Å². The van der Waals surface area contributed by atoms with E-state index in [1.165, 1.54) is 0 Å². The molecule has 2 heterocycles. The zero-order valence-corrected chi connectivity index (χ0v) is 13.4. The van der Waals surface area contributed by atoms with E-state index >= 15 is 0 Å². The van der Waals surface area contributed by atoms with Gasteiger partial charge in [0.25, 0.3) is 0 Å². The first kappa shape index (κ1) is 16.0. The summed E-state index contributed by atoms with van der Waals surface area (Å²) in [5.41, 5.74) is 1.13. The lowest BCUT2D eigenvalue weighted by molar-refractivity contribution is -0.128. The number of likely N-dealkylation sites (tertiary alicyclic amines) is 1. The van der Waals surface area contributed by atoms with Gasteiger partial charge in [0.2, 0.25) is 5.91 Å². The van der Waals surface area contributed by atoms with Gasteiger partial charge in [-0.25, -0.2) is 4.79 Å². The van der Waals surface area contributed by atoms with Gasteiger partial charge in [0.15, 0.2) is 5.82 Å². The molecule has 7 heteroatoms. The molecular weight excluding hydrogens is 306 g/mol. The molecule has 1 fully saturated rings. The summed E-state index contributed by atoms with van der Waals surface area (Å²) >= 11 is 0. The van der Waals surface area contributed by atoms with E-state index in [-0.39, 0.29) is 12.5 Å². The van der Waals surface area contributed by atoms with E-state index in [1.54, 1.807) is 21.8 Å². The van der Waals surface area contributed by atoms with Gasteiger partial charge in [0, 0.05) is 25.4 Å². The summed E-state index contributed by atoms with van der Waals surface area (Å²) in [5, 5.41) is 9.52. The predicted octanol–water partition coefficient (Wildman–Crippen LogP) is 1.68. The molecule has 3 amide bonds. The largest absolute Gasteiger partial charge is 0.341 e. The van der Waals surface area contributed by atoms with Crippen molar-refractivity contribution in [3.05, 3.63) is 48.2 Å². The molecule has 1 aliphatic rings. The smallest absolute Gasteiger partial charge is 0.320 e. The third kappa shape index (κ3) is 4.34. The van der Waals surface area contributed by atoms with Crippen LogP contribution in [0.1, 0.15) is 18.4 Å². The highest BCUT2D eigenvalue weighted by Crippen LogP contribution is 2.07. The number of amides is 3. The number of rotatable bonds is 5. The van der Waals surface area contributed by atoms with E-state index in [2.05, 4.69) is 15.7 Å². The highest BCUT2D eigenvalue weighted by Gasteiger charge is 2.18. The SMILES string of the molecule is O=C(NCC(=O)N1CCCC1)Nc1ccn(Cc2ccccc2)n1. The zero-order valence-electron chi connectivity index (χ0n) is 13.4. The first-order valence-corrected chi connectivity index (χ1v) is 8.11. The lowest BCUT2D eigenvalue weighted by Gasteiger charge is -2.15. The van der Waals surface area contributed by atoms with Gasteiger partial charge in [0.05, 0.1) is 13.1 Å². The topological polar surface area (TPSA) is 79.3 Å². The third-order valence-electron chi connectivity index (χ3n) is 3.93. The Labute approximate surface area is 140 Å². The second-order valence-electron chi connectivity index (χ2n) is 5.78. The molecule has 3 rings (SSSR count). The van der Waals surface area contributed by atoms with Crippen LogP contribution in [0.4, 0.5) is 10.6 Å². The summed E-state index contributed by atoms with van der Waals surface area (Å²) < 4.78 is 1.75. The van der Waals surface area contributed by atoms with Gasteiger partial charge in [-0.05, 0) is 18.4 Å². The second kappa shape index (κ2) is 7.63. The van der Waals surface area contributed by atoms with E-state index in [9.17, 15) is 9.59 Å². The lowest BCUT2D eigenvalue weighted by Crippen LogP contribution is -2.40. The molecule has 7 nitrogen and oxygen atoms in total. The van der Waals surface area contributed by atoms with Crippen molar-refractivity contribution in [3.63, 3.8) is 0 Å². The number of nitrogens with one attached hydrogen (secondary N) is 2. The monoisotopic (exact) mass is 327 g/mol. The van der Waals surface area contributed by atoms with E-state index in [0.29, 0.717) is 12.4 Å². The highest BCUT2D eigenvalue weighted by atomic mass is 16.2. The van der Waals surface area contributed by atoms with Crippen LogP contribution in [0.3, 0.4) is 0 Å². The Kier molecular flexibility index (Phi) is 5.10. The molecule has 1 saturated heterocycles. The Morgan fingerprint density at radius 1 is 1.08 bits per heavy atom. The number of carbonyl (C=O) groups excluding carboxylic acids is 2. The van der Waals surface area contributed by atoms with Crippen LogP contribution in [0.15, 0.2) is 42.6 Å². The van der Waals surface area contributed by atoms with Crippen LogP contribution >= 0.6 is 0 Å². The van der Waals surface area contributed by atoms with Gasteiger partial charge in [-0.3, -0.25) is 14.8 Å². The molecule has 2 N–H and O–H groups in total. The van der Waals surface area contributed by atoms with Crippen LogP contribution < -0.4 is 10.6 Å². The number of aromatic nitrogens is 2. The third-order valence-corrected chi connectivity index (χ3v) is 3.93. The molecule has 0 bridgehead atoms. The Bertz CT molecular complexity index is 692. The molecule has 0 radical (unpaired) electrons. The molecule has 0 saturated carbocycles.